The molecule has 1 aromatic rings. The Labute approximate surface area is 165 Å². The fourth-order valence-electron chi connectivity index (χ4n) is 3.56. The molecule has 0 radical (unpaired) electrons. The molecule has 154 valence electrons. The number of hydroxylamine groups is 6. The molecule has 3 rings (SSSR count). The van der Waals surface area contributed by atoms with Gasteiger partial charge in [-0.25, -0.2) is 10.4 Å². The Morgan fingerprint density at radius 1 is 0.679 bits per heavy atom. The molecule has 2 aliphatic rings. The monoisotopic (exact) mass is 392 g/mol. The second kappa shape index (κ2) is 5.61. The topological polar surface area (TPSA) is 93.4 Å². The number of benzene rings is 1. The summed E-state index contributed by atoms with van der Waals surface area (Å²) in [5, 5.41) is 45.2. The van der Waals surface area contributed by atoms with Crippen LogP contribution in [0.3, 0.4) is 0 Å². The Morgan fingerprint density at radius 3 is 1.25 bits per heavy atom. The molecule has 8 nitrogen and oxygen atoms in total. The zero-order valence-electron chi connectivity index (χ0n) is 17.9. The van der Waals surface area contributed by atoms with Gasteiger partial charge in [-0.3, -0.25) is 0 Å². The van der Waals surface area contributed by atoms with Crippen LogP contribution in [0.15, 0.2) is 24.3 Å². The van der Waals surface area contributed by atoms with Crippen LogP contribution >= 0.6 is 0 Å². The third-order valence-corrected chi connectivity index (χ3v) is 7.29. The van der Waals surface area contributed by atoms with Crippen LogP contribution in [0.1, 0.15) is 66.5 Å². The van der Waals surface area contributed by atoms with Crippen molar-refractivity contribution in [2.24, 2.45) is 0 Å². The smallest absolute Gasteiger partial charge is 0.349 e. The Balaban J connectivity index is 2.16. The SMILES string of the molecule is CC1(C)N(O)C(c2cccc(C3=[N+](O)C(C)(C)C(C)(C)N3O)c2)=[N+](O)C1(C)C. The van der Waals surface area contributed by atoms with E-state index in [0.29, 0.717) is 11.1 Å². The first-order valence-electron chi connectivity index (χ1n) is 9.41. The second-order valence-corrected chi connectivity index (χ2v) is 9.71. The Hall–Kier alpha value is -2.32. The van der Waals surface area contributed by atoms with Crippen LogP contribution in [0, 0.1) is 0 Å². The molecular weight excluding hydrogens is 360 g/mol. The quantitative estimate of drug-likeness (QED) is 0.457. The molecule has 8 heteroatoms. The van der Waals surface area contributed by atoms with Gasteiger partial charge in [0.15, 0.2) is 22.2 Å². The van der Waals surface area contributed by atoms with Crippen molar-refractivity contribution in [2.75, 3.05) is 0 Å². The van der Waals surface area contributed by atoms with Gasteiger partial charge in [0, 0.05) is 0 Å². The van der Waals surface area contributed by atoms with Crippen molar-refractivity contribution in [3.63, 3.8) is 0 Å². The van der Waals surface area contributed by atoms with Gasteiger partial charge in [-0.2, -0.15) is 0 Å². The molecule has 0 aromatic heterocycles. The number of nitrogens with zero attached hydrogens (tertiary/aromatic N) is 4. The van der Waals surface area contributed by atoms with Crippen molar-refractivity contribution in [3.8, 4) is 0 Å². The normalized spacial score (nSPS) is 25.1. The molecule has 0 amide bonds. The van der Waals surface area contributed by atoms with E-state index >= 15 is 0 Å². The van der Waals surface area contributed by atoms with Crippen LogP contribution in [0.5, 0.6) is 0 Å². The third-order valence-electron chi connectivity index (χ3n) is 7.29. The predicted octanol–water partition coefficient (Wildman–Crippen LogP) is 2.51. The molecule has 0 spiro atoms. The fraction of sp³-hybridized carbons (Fsp3) is 0.600. The summed E-state index contributed by atoms with van der Waals surface area (Å²) < 4.78 is 2.12. The minimum Gasteiger partial charge on any atom is -0.354 e. The highest BCUT2D eigenvalue weighted by atomic mass is 16.5. The largest absolute Gasteiger partial charge is 0.354 e. The van der Waals surface area contributed by atoms with Crippen LogP contribution in [0.2, 0.25) is 0 Å². The summed E-state index contributed by atoms with van der Waals surface area (Å²) in [6.07, 6.45) is 0. The van der Waals surface area contributed by atoms with E-state index in [-0.39, 0.29) is 11.7 Å². The van der Waals surface area contributed by atoms with E-state index in [2.05, 4.69) is 0 Å². The Kier molecular flexibility index (Phi) is 4.09. The van der Waals surface area contributed by atoms with Crippen molar-refractivity contribution in [1.29, 1.82) is 0 Å². The maximum atomic E-state index is 10.8. The Morgan fingerprint density at radius 2 is 1.00 bits per heavy atom. The molecule has 0 saturated carbocycles. The van der Waals surface area contributed by atoms with E-state index in [1.165, 1.54) is 0 Å². The van der Waals surface area contributed by atoms with Crippen molar-refractivity contribution in [2.45, 2.75) is 77.5 Å². The summed E-state index contributed by atoms with van der Waals surface area (Å²) >= 11 is 0. The van der Waals surface area contributed by atoms with Gasteiger partial charge < -0.3 is 10.4 Å². The number of amidine groups is 2. The van der Waals surface area contributed by atoms with Crippen molar-refractivity contribution in [3.05, 3.63) is 35.4 Å². The number of hydrogen-bond acceptors (Lipinski definition) is 6. The first-order chi connectivity index (χ1) is 12.6. The van der Waals surface area contributed by atoms with Crippen LogP contribution in [0.25, 0.3) is 0 Å². The second-order valence-electron chi connectivity index (χ2n) is 9.71. The molecule has 0 saturated heterocycles. The van der Waals surface area contributed by atoms with Crippen molar-refractivity contribution < 1.29 is 30.3 Å². The van der Waals surface area contributed by atoms with E-state index in [4.69, 9.17) is 0 Å². The summed E-state index contributed by atoms with van der Waals surface area (Å²) in [6, 6.07) is 7.00. The summed E-state index contributed by atoms with van der Waals surface area (Å²) in [5.74, 6) is 0.478. The first kappa shape index (κ1) is 20.4. The average molecular weight is 393 g/mol. The predicted molar refractivity (Wildman–Crippen MR) is 102 cm³/mol. The van der Waals surface area contributed by atoms with Gasteiger partial charge in [-0.15, -0.1) is 10.1 Å². The maximum absolute atomic E-state index is 10.8. The van der Waals surface area contributed by atoms with Gasteiger partial charge in [-0.05, 0) is 73.6 Å². The zero-order valence-corrected chi connectivity index (χ0v) is 17.9. The van der Waals surface area contributed by atoms with Gasteiger partial charge in [0.25, 0.3) is 0 Å². The van der Waals surface area contributed by atoms with E-state index in [1.54, 1.807) is 24.3 Å². The van der Waals surface area contributed by atoms with Crippen LogP contribution in [-0.2, 0) is 0 Å². The minimum atomic E-state index is -0.746. The standard InChI is InChI=1S/C20H32N4O4/c1-17(2)18(3,4)22(26)15(21(17)25)13-10-9-11-14(12-13)16-23(27)19(5,6)20(7,8)24(16)28/h9-12,25-28H,1-8H3/q+2. The van der Waals surface area contributed by atoms with Crippen molar-refractivity contribution in [1.82, 2.24) is 10.1 Å². The molecule has 4 N–H and O–H groups in total. The summed E-state index contributed by atoms with van der Waals surface area (Å²) in [5.41, 5.74) is -1.88. The third kappa shape index (κ3) is 2.24. The number of hydrogen-bond donors (Lipinski definition) is 4. The van der Waals surface area contributed by atoms with E-state index in [1.807, 2.05) is 55.4 Å². The average Bonchev–Trinajstić information content (AvgIpc) is 2.79. The van der Waals surface area contributed by atoms with E-state index < -0.39 is 22.2 Å². The van der Waals surface area contributed by atoms with Crippen LogP contribution in [-0.4, -0.2) is 74.3 Å². The van der Waals surface area contributed by atoms with E-state index in [9.17, 15) is 20.8 Å². The van der Waals surface area contributed by atoms with Crippen LogP contribution in [0.4, 0.5) is 0 Å². The lowest BCUT2D eigenvalue weighted by molar-refractivity contribution is -0.820. The molecule has 1 aromatic carbocycles. The highest BCUT2D eigenvalue weighted by molar-refractivity contribution is 6.01. The highest BCUT2D eigenvalue weighted by Gasteiger charge is 2.63. The van der Waals surface area contributed by atoms with Gasteiger partial charge in [0.2, 0.25) is 0 Å². The van der Waals surface area contributed by atoms with Gasteiger partial charge in [0.1, 0.15) is 0 Å². The molecule has 0 unspecified atom stereocenters. The maximum Gasteiger partial charge on any atom is 0.349 e. The zero-order chi connectivity index (χ0) is 21.4. The van der Waals surface area contributed by atoms with Gasteiger partial charge in [0.05, 0.1) is 11.1 Å². The lowest BCUT2D eigenvalue weighted by Gasteiger charge is -2.29. The summed E-state index contributed by atoms with van der Waals surface area (Å²) in [6.45, 7) is 14.7. The van der Waals surface area contributed by atoms with Gasteiger partial charge in [-0.1, -0.05) is 15.5 Å². The summed E-state index contributed by atoms with van der Waals surface area (Å²) in [4.78, 5) is 0. The van der Waals surface area contributed by atoms with E-state index in [0.717, 1.165) is 19.6 Å². The minimum absolute atomic E-state index is 0.239. The van der Waals surface area contributed by atoms with Crippen molar-refractivity contribution >= 4 is 11.7 Å². The molecule has 2 heterocycles. The molecule has 2 aliphatic heterocycles. The molecule has 0 aliphatic carbocycles. The lowest BCUT2D eigenvalue weighted by Crippen LogP contribution is -2.54. The number of rotatable bonds is 2. The highest BCUT2D eigenvalue weighted by Crippen LogP contribution is 2.38. The lowest BCUT2D eigenvalue weighted by atomic mass is 9.84. The Bertz CT molecular complexity index is 830. The molecule has 28 heavy (non-hydrogen) atoms. The summed E-state index contributed by atoms with van der Waals surface area (Å²) in [7, 11) is 0. The molecule has 0 fully saturated rings. The molecular formula is C20H32N4O4+2. The molecule has 0 atom stereocenters. The molecule has 0 bridgehead atoms. The first-order valence-corrected chi connectivity index (χ1v) is 9.41. The van der Waals surface area contributed by atoms with Crippen LogP contribution < -0.4 is 0 Å². The van der Waals surface area contributed by atoms with Gasteiger partial charge >= 0.3 is 11.7 Å². The fourth-order valence-corrected chi connectivity index (χ4v) is 3.56.